The van der Waals surface area contributed by atoms with Crippen molar-refractivity contribution >= 4 is 28.8 Å². The van der Waals surface area contributed by atoms with Crippen molar-refractivity contribution in [2.75, 3.05) is 7.11 Å². The van der Waals surface area contributed by atoms with Crippen LogP contribution in [0.5, 0.6) is 5.75 Å². The van der Waals surface area contributed by atoms with Crippen LogP contribution in [0.15, 0.2) is 71.8 Å². The zero-order valence-electron chi connectivity index (χ0n) is 17.1. The van der Waals surface area contributed by atoms with Crippen LogP contribution in [0.25, 0.3) is 11.0 Å². The molecule has 0 aliphatic rings. The minimum absolute atomic E-state index is 0.00888. The third-order valence-corrected chi connectivity index (χ3v) is 4.81. The average molecular weight is 429 g/mol. The van der Waals surface area contributed by atoms with Gasteiger partial charge in [0, 0.05) is 24.1 Å². The molecule has 1 heterocycles. The second-order valence-corrected chi connectivity index (χ2v) is 6.99. The SMILES string of the molecule is COc1ccc(Cc2nc3ccc(C(=O)N/N=C\c4ccc([N+](=O)[O-])cc4)cc3[nH]2)cc1. The summed E-state index contributed by atoms with van der Waals surface area (Å²) < 4.78 is 5.17. The first-order valence-corrected chi connectivity index (χ1v) is 9.71. The highest BCUT2D eigenvalue weighted by molar-refractivity contribution is 5.97. The highest BCUT2D eigenvalue weighted by Gasteiger charge is 2.09. The number of amides is 1. The predicted molar refractivity (Wildman–Crippen MR) is 120 cm³/mol. The Hall–Kier alpha value is -4.53. The number of hydrogen-bond acceptors (Lipinski definition) is 6. The number of fused-ring (bicyclic) bond motifs is 1. The summed E-state index contributed by atoms with van der Waals surface area (Å²) in [5.74, 6) is 1.21. The number of ether oxygens (including phenoxy) is 1. The zero-order valence-corrected chi connectivity index (χ0v) is 17.1. The molecule has 32 heavy (non-hydrogen) atoms. The van der Waals surface area contributed by atoms with E-state index in [1.165, 1.54) is 18.3 Å². The van der Waals surface area contributed by atoms with Gasteiger partial charge in [-0.1, -0.05) is 12.1 Å². The van der Waals surface area contributed by atoms with Gasteiger partial charge in [-0.3, -0.25) is 14.9 Å². The summed E-state index contributed by atoms with van der Waals surface area (Å²) in [6.07, 6.45) is 2.04. The number of nitrogens with zero attached hydrogens (tertiary/aromatic N) is 3. The summed E-state index contributed by atoms with van der Waals surface area (Å²) in [7, 11) is 1.63. The normalized spacial score (nSPS) is 11.0. The minimum Gasteiger partial charge on any atom is -0.497 e. The van der Waals surface area contributed by atoms with Crippen LogP contribution in [-0.4, -0.2) is 34.1 Å². The first-order chi connectivity index (χ1) is 15.5. The van der Waals surface area contributed by atoms with E-state index in [-0.39, 0.29) is 11.6 Å². The second-order valence-electron chi connectivity index (χ2n) is 6.99. The van der Waals surface area contributed by atoms with Crippen LogP contribution in [0.3, 0.4) is 0 Å². The van der Waals surface area contributed by atoms with Gasteiger partial charge in [0.05, 0.1) is 29.3 Å². The molecule has 2 N–H and O–H groups in total. The van der Waals surface area contributed by atoms with E-state index in [2.05, 4.69) is 20.5 Å². The number of aromatic amines is 1. The molecule has 0 saturated heterocycles. The van der Waals surface area contributed by atoms with Gasteiger partial charge < -0.3 is 9.72 Å². The summed E-state index contributed by atoms with van der Waals surface area (Å²) in [6, 6.07) is 18.8. The molecular formula is C23H19N5O4. The van der Waals surface area contributed by atoms with Crippen LogP contribution >= 0.6 is 0 Å². The van der Waals surface area contributed by atoms with Gasteiger partial charge in [-0.15, -0.1) is 0 Å². The van der Waals surface area contributed by atoms with E-state index in [4.69, 9.17) is 4.74 Å². The van der Waals surface area contributed by atoms with Crippen LogP contribution in [-0.2, 0) is 6.42 Å². The van der Waals surface area contributed by atoms with Crippen LogP contribution in [0.1, 0.15) is 27.3 Å². The summed E-state index contributed by atoms with van der Waals surface area (Å²) in [4.78, 5) is 30.5. The molecule has 9 heteroatoms. The number of carbonyl (C=O) groups excluding carboxylic acids is 1. The van der Waals surface area contributed by atoms with E-state index in [9.17, 15) is 14.9 Å². The van der Waals surface area contributed by atoms with Gasteiger partial charge >= 0.3 is 0 Å². The zero-order chi connectivity index (χ0) is 22.5. The van der Waals surface area contributed by atoms with Crippen molar-refractivity contribution in [3.05, 3.63) is 99.4 Å². The Kier molecular flexibility index (Phi) is 5.89. The van der Waals surface area contributed by atoms with Gasteiger partial charge in [-0.05, 0) is 53.6 Å². The fourth-order valence-electron chi connectivity index (χ4n) is 3.14. The Labute approximate surface area is 182 Å². The number of benzene rings is 3. The summed E-state index contributed by atoms with van der Waals surface area (Å²) in [5, 5.41) is 14.6. The van der Waals surface area contributed by atoms with E-state index in [0.29, 0.717) is 17.5 Å². The second kappa shape index (κ2) is 9.09. The van der Waals surface area contributed by atoms with Crippen molar-refractivity contribution < 1.29 is 14.5 Å². The van der Waals surface area contributed by atoms with Crippen LogP contribution in [0.4, 0.5) is 5.69 Å². The first-order valence-electron chi connectivity index (χ1n) is 9.71. The van der Waals surface area contributed by atoms with Crippen LogP contribution < -0.4 is 10.2 Å². The van der Waals surface area contributed by atoms with Crippen molar-refractivity contribution in [3.8, 4) is 5.75 Å². The van der Waals surface area contributed by atoms with E-state index in [1.54, 1.807) is 37.4 Å². The number of nitro benzene ring substituents is 1. The van der Waals surface area contributed by atoms with Crippen molar-refractivity contribution in [1.29, 1.82) is 0 Å². The number of nitro groups is 1. The molecule has 160 valence electrons. The lowest BCUT2D eigenvalue weighted by Crippen LogP contribution is -2.17. The van der Waals surface area contributed by atoms with Crippen LogP contribution in [0.2, 0.25) is 0 Å². The molecule has 0 unspecified atom stereocenters. The fourth-order valence-corrected chi connectivity index (χ4v) is 3.14. The Morgan fingerprint density at radius 1 is 1.16 bits per heavy atom. The molecule has 1 aromatic heterocycles. The third-order valence-electron chi connectivity index (χ3n) is 4.81. The van der Waals surface area contributed by atoms with Gasteiger partial charge in [0.1, 0.15) is 11.6 Å². The molecular weight excluding hydrogens is 410 g/mol. The predicted octanol–water partition coefficient (Wildman–Crippen LogP) is 3.83. The smallest absolute Gasteiger partial charge is 0.271 e. The number of non-ortho nitro benzene ring substituents is 1. The lowest BCUT2D eigenvalue weighted by atomic mass is 10.1. The molecule has 0 spiro atoms. The summed E-state index contributed by atoms with van der Waals surface area (Å²) in [5.41, 5.74) is 6.11. The van der Waals surface area contributed by atoms with Crippen LogP contribution in [0, 0.1) is 10.1 Å². The monoisotopic (exact) mass is 429 g/mol. The first kappa shape index (κ1) is 20.7. The molecule has 0 aliphatic heterocycles. The molecule has 1 amide bonds. The fraction of sp³-hybridized carbons (Fsp3) is 0.0870. The van der Waals surface area contributed by atoms with Crippen molar-refractivity contribution in [3.63, 3.8) is 0 Å². The Morgan fingerprint density at radius 3 is 2.59 bits per heavy atom. The molecule has 9 nitrogen and oxygen atoms in total. The lowest BCUT2D eigenvalue weighted by Gasteiger charge is -2.01. The molecule has 0 aliphatic carbocycles. The van der Waals surface area contributed by atoms with Gasteiger partial charge in [0.2, 0.25) is 0 Å². The Bertz CT molecular complexity index is 1290. The maximum absolute atomic E-state index is 12.4. The number of nitrogens with one attached hydrogen (secondary N) is 2. The molecule has 0 atom stereocenters. The van der Waals surface area contributed by atoms with Gasteiger partial charge in [-0.25, -0.2) is 10.4 Å². The number of rotatable bonds is 7. The van der Waals surface area contributed by atoms with Crippen molar-refractivity contribution in [2.45, 2.75) is 6.42 Å². The number of hydrogen-bond donors (Lipinski definition) is 2. The maximum atomic E-state index is 12.4. The molecule has 4 aromatic rings. The Balaban J connectivity index is 1.42. The van der Waals surface area contributed by atoms with E-state index in [1.807, 2.05) is 24.3 Å². The largest absolute Gasteiger partial charge is 0.497 e. The van der Waals surface area contributed by atoms with Gasteiger partial charge in [0.15, 0.2) is 0 Å². The average Bonchev–Trinajstić information content (AvgIpc) is 3.21. The van der Waals surface area contributed by atoms with Gasteiger partial charge in [-0.2, -0.15) is 5.10 Å². The number of aromatic nitrogens is 2. The highest BCUT2D eigenvalue weighted by Crippen LogP contribution is 2.18. The number of carbonyl (C=O) groups is 1. The number of hydrazone groups is 1. The minimum atomic E-state index is -0.475. The molecule has 3 aromatic carbocycles. The van der Waals surface area contributed by atoms with E-state index >= 15 is 0 Å². The molecule has 0 fully saturated rings. The van der Waals surface area contributed by atoms with Gasteiger partial charge in [0.25, 0.3) is 11.6 Å². The quantitative estimate of drug-likeness (QED) is 0.263. The number of H-pyrrole nitrogens is 1. The summed E-state index contributed by atoms with van der Waals surface area (Å²) >= 11 is 0. The third kappa shape index (κ3) is 4.78. The van der Waals surface area contributed by atoms with E-state index in [0.717, 1.165) is 28.2 Å². The topological polar surface area (TPSA) is 123 Å². The highest BCUT2D eigenvalue weighted by atomic mass is 16.6. The number of methoxy groups -OCH3 is 1. The maximum Gasteiger partial charge on any atom is 0.271 e. The molecule has 4 rings (SSSR count). The van der Waals surface area contributed by atoms with E-state index < -0.39 is 4.92 Å². The van der Waals surface area contributed by atoms with Crippen molar-refractivity contribution in [1.82, 2.24) is 15.4 Å². The molecule has 0 radical (unpaired) electrons. The standard InChI is InChI=1S/C23H19N5O4/c1-32-19-9-4-15(5-10-19)12-22-25-20-11-6-17(13-21(20)26-22)23(29)27-24-14-16-2-7-18(8-3-16)28(30)31/h2-11,13-14H,12H2,1H3,(H,25,26)(H,27,29)/b24-14-. The molecule has 0 bridgehead atoms. The van der Waals surface area contributed by atoms with Crippen molar-refractivity contribution in [2.24, 2.45) is 5.10 Å². The summed E-state index contributed by atoms with van der Waals surface area (Å²) in [6.45, 7) is 0. The Morgan fingerprint density at radius 2 is 1.91 bits per heavy atom. The molecule has 0 saturated carbocycles. The lowest BCUT2D eigenvalue weighted by molar-refractivity contribution is -0.384. The number of imidazole rings is 1.